The van der Waals surface area contributed by atoms with Crippen molar-refractivity contribution in [1.29, 1.82) is 0 Å². The van der Waals surface area contributed by atoms with Crippen LogP contribution in [0.2, 0.25) is 10.0 Å². The number of carbonyl (C=O) groups is 2. The van der Waals surface area contributed by atoms with Gasteiger partial charge in [0.05, 0.1) is 5.69 Å². The number of hydrogen-bond donors (Lipinski definition) is 1. The van der Waals surface area contributed by atoms with Crippen LogP contribution < -0.4 is 9.62 Å². The van der Waals surface area contributed by atoms with Gasteiger partial charge in [-0.15, -0.1) is 0 Å². The normalized spacial score (nSPS) is 13.2. The molecule has 198 valence electrons. The van der Waals surface area contributed by atoms with Crippen molar-refractivity contribution < 1.29 is 18.0 Å². The van der Waals surface area contributed by atoms with Crippen molar-refractivity contribution in [3.8, 4) is 0 Å². The second-order valence-electron chi connectivity index (χ2n) is 8.63. The molecule has 2 atom stereocenters. The number of para-hydroxylation sites is 1. The number of benzene rings is 2. The minimum absolute atomic E-state index is 0.00586. The molecule has 2 aromatic rings. The van der Waals surface area contributed by atoms with Crippen LogP contribution in [-0.2, 0) is 26.3 Å². The fourth-order valence-corrected chi connectivity index (χ4v) is 5.03. The van der Waals surface area contributed by atoms with E-state index in [0.29, 0.717) is 27.7 Å². The van der Waals surface area contributed by atoms with Crippen LogP contribution in [0.1, 0.15) is 39.2 Å². The molecule has 0 aliphatic rings. The Hall–Kier alpha value is -2.33. The first-order valence-electron chi connectivity index (χ1n) is 11.7. The van der Waals surface area contributed by atoms with Crippen LogP contribution in [0, 0.1) is 0 Å². The third kappa shape index (κ3) is 7.59. The summed E-state index contributed by atoms with van der Waals surface area (Å²) >= 11 is 12.4. The maximum Gasteiger partial charge on any atom is 0.304 e. The molecule has 2 aromatic carbocycles. The van der Waals surface area contributed by atoms with E-state index in [1.54, 1.807) is 55.5 Å². The van der Waals surface area contributed by atoms with E-state index in [9.17, 15) is 18.0 Å². The van der Waals surface area contributed by atoms with E-state index in [2.05, 4.69) is 5.32 Å². The lowest BCUT2D eigenvalue weighted by molar-refractivity contribution is -0.140. The van der Waals surface area contributed by atoms with Gasteiger partial charge < -0.3 is 10.2 Å². The molecular formula is C25H34Cl2N4O4S. The minimum atomic E-state index is -4.01. The third-order valence-corrected chi connectivity index (χ3v) is 8.21. The summed E-state index contributed by atoms with van der Waals surface area (Å²) in [6.07, 6.45) is 1.05. The molecule has 2 rings (SSSR count). The highest BCUT2D eigenvalue weighted by molar-refractivity contribution is 7.90. The lowest BCUT2D eigenvalue weighted by Crippen LogP contribution is -2.54. The number of anilines is 1. The maximum atomic E-state index is 13.8. The van der Waals surface area contributed by atoms with Crippen molar-refractivity contribution in [3.05, 3.63) is 64.1 Å². The van der Waals surface area contributed by atoms with Crippen LogP contribution in [0.5, 0.6) is 0 Å². The topological polar surface area (TPSA) is 90.0 Å². The number of halogens is 2. The van der Waals surface area contributed by atoms with Gasteiger partial charge in [0.1, 0.15) is 12.6 Å². The van der Waals surface area contributed by atoms with E-state index in [1.807, 2.05) is 13.8 Å². The first-order valence-corrected chi connectivity index (χ1v) is 13.9. The van der Waals surface area contributed by atoms with Crippen LogP contribution in [-0.4, -0.2) is 62.2 Å². The number of rotatable bonds is 12. The lowest BCUT2D eigenvalue weighted by Gasteiger charge is -2.34. The van der Waals surface area contributed by atoms with E-state index in [0.717, 1.165) is 15.0 Å². The molecule has 0 radical (unpaired) electrons. The number of nitrogens with zero attached hydrogens (tertiary/aromatic N) is 3. The molecule has 0 aliphatic carbocycles. The van der Waals surface area contributed by atoms with Gasteiger partial charge in [0.15, 0.2) is 0 Å². The molecule has 0 saturated heterocycles. The summed E-state index contributed by atoms with van der Waals surface area (Å²) < 4.78 is 28.4. The van der Waals surface area contributed by atoms with E-state index in [4.69, 9.17) is 23.2 Å². The first kappa shape index (κ1) is 29.9. The van der Waals surface area contributed by atoms with E-state index < -0.39 is 28.7 Å². The molecule has 36 heavy (non-hydrogen) atoms. The summed E-state index contributed by atoms with van der Waals surface area (Å²) in [7, 11) is -1.21. The summed E-state index contributed by atoms with van der Waals surface area (Å²) in [5.41, 5.74) is 0.923. The Morgan fingerprint density at radius 3 is 2.17 bits per heavy atom. The van der Waals surface area contributed by atoms with Crippen LogP contribution >= 0.6 is 23.2 Å². The number of carbonyl (C=O) groups excluding carboxylic acids is 2. The van der Waals surface area contributed by atoms with E-state index >= 15 is 0 Å². The smallest absolute Gasteiger partial charge is 0.304 e. The summed E-state index contributed by atoms with van der Waals surface area (Å²) in [6.45, 7) is 5.14. The highest BCUT2D eigenvalue weighted by Gasteiger charge is 2.34. The molecule has 0 aromatic heterocycles. The molecule has 8 nitrogen and oxygen atoms in total. The van der Waals surface area contributed by atoms with Crippen molar-refractivity contribution >= 4 is 50.9 Å². The van der Waals surface area contributed by atoms with Crippen LogP contribution in [0.4, 0.5) is 5.69 Å². The molecule has 0 bridgehead atoms. The van der Waals surface area contributed by atoms with E-state index in [-0.39, 0.29) is 18.5 Å². The molecule has 0 aliphatic heterocycles. The highest BCUT2D eigenvalue weighted by Crippen LogP contribution is 2.25. The molecular weight excluding hydrogens is 523 g/mol. The van der Waals surface area contributed by atoms with Crippen LogP contribution in [0.3, 0.4) is 0 Å². The standard InChI is InChI=1S/C25H34Cl2N4O4S/c1-6-18(3)28-25(33)23(7-2)30(16-19-13-14-20(26)15-22(19)27)24(32)17-31(36(34,35)29(4)5)21-11-9-8-10-12-21/h8-15,18,23H,6-7,16-17H2,1-5H3,(H,28,33)/t18-,23-/m1/s1. The van der Waals surface area contributed by atoms with Gasteiger partial charge in [-0.3, -0.25) is 9.59 Å². The zero-order chi connectivity index (χ0) is 27.0. The molecule has 0 spiro atoms. The van der Waals surface area contributed by atoms with Crippen molar-refractivity contribution in [2.75, 3.05) is 24.9 Å². The Morgan fingerprint density at radius 1 is 1.00 bits per heavy atom. The molecule has 0 saturated carbocycles. The molecule has 11 heteroatoms. The van der Waals surface area contributed by atoms with Crippen molar-refractivity contribution in [2.24, 2.45) is 0 Å². The second kappa shape index (κ2) is 13.3. The van der Waals surface area contributed by atoms with Crippen molar-refractivity contribution in [1.82, 2.24) is 14.5 Å². The number of amides is 2. The number of nitrogens with one attached hydrogen (secondary N) is 1. The zero-order valence-corrected chi connectivity index (χ0v) is 23.6. The summed E-state index contributed by atoms with van der Waals surface area (Å²) in [5.74, 6) is -0.853. The quantitative estimate of drug-likeness (QED) is 0.421. The highest BCUT2D eigenvalue weighted by atomic mass is 35.5. The minimum Gasteiger partial charge on any atom is -0.352 e. The lowest BCUT2D eigenvalue weighted by atomic mass is 10.1. The molecule has 2 amide bonds. The van der Waals surface area contributed by atoms with E-state index in [1.165, 1.54) is 19.0 Å². The fourth-order valence-electron chi connectivity index (χ4n) is 3.51. The average molecular weight is 558 g/mol. The Labute approximate surface area is 224 Å². The van der Waals surface area contributed by atoms with Gasteiger partial charge in [0.2, 0.25) is 11.8 Å². The summed E-state index contributed by atoms with van der Waals surface area (Å²) in [4.78, 5) is 28.4. The van der Waals surface area contributed by atoms with Crippen LogP contribution in [0.25, 0.3) is 0 Å². The molecule has 0 fully saturated rings. The van der Waals surface area contributed by atoms with Gasteiger partial charge in [0.25, 0.3) is 0 Å². The van der Waals surface area contributed by atoms with Crippen molar-refractivity contribution in [2.45, 2.75) is 52.2 Å². The number of hydrogen-bond acceptors (Lipinski definition) is 4. The van der Waals surface area contributed by atoms with Gasteiger partial charge in [-0.25, -0.2) is 4.31 Å². The van der Waals surface area contributed by atoms with Crippen molar-refractivity contribution in [3.63, 3.8) is 0 Å². The summed E-state index contributed by atoms with van der Waals surface area (Å²) in [6, 6.07) is 12.4. The first-order chi connectivity index (χ1) is 16.9. The third-order valence-electron chi connectivity index (χ3n) is 5.81. The predicted molar refractivity (Wildman–Crippen MR) is 145 cm³/mol. The van der Waals surface area contributed by atoms with Gasteiger partial charge in [-0.1, -0.05) is 61.3 Å². The molecule has 0 unspecified atom stereocenters. The second-order valence-corrected chi connectivity index (χ2v) is 11.5. The zero-order valence-electron chi connectivity index (χ0n) is 21.2. The van der Waals surface area contributed by atoms with Gasteiger partial charge >= 0.3 is 10.2 Å². The predicted octanol–water partition coefficient (Wildman–Crippen LogP) is 4.33. The van der Waals surface area contributed by atoms with Gasteiger partial charge in [0, 0.05) is 36.7 Å². The Kier molecular flexibility index (Phi) is 11.0. The Morgan fingerprint density at radius 2 is 1.64 bits per heavy atom. The van der Waals surface area contributed by atoms with Crippen LogP contribution in [0.15, 0.2) is 48.5 Å². The summed E-state index contributed by atoms with van der Waals surface area (Å²) in [5, 5.41) is 3.72. The largest absolute Gasteiger partial charge is 0.352 e. The van der Waals surface area contributed by atoms with Gasteiger partial charge in [-0.05, 0) is 49.6 Å². The fraction of sp³-hybridized carbons (Fsp3) is 0.440. The Balaban J connectivity index is 2.51. The monoisotopic (exact) mass is 556 g/mol. The van der Waals surface area contributed by atoms with Gasteiger partial charge in [-0.2, -0.15) is 12.7 Å². The SMILES string of the molecule is CC[C@@H](C)NC(=O)[C@@H](CC)N(Cc1ccc(Cl)cc1Cl)C(=O)CN(c1ccccc1)S(=O)(=O)N(C)C. The average Bonchev–Trinajstić information content (AvgIpc) is 2.83. The molecule has 0 heterocycles. The Bertz CT molecular complexity index is 1150. The molecule has 1 N–H and O–H groups in total. The maximum absolute atomic E-state index is 13.8.